The van der Waals surface area contributed by atoms with Crippen molar-refractivity contribution in [3.05, 3.63) is 57.7 Å². The fraction of sp³-hybridized carbons (Fsp3) is 0.0769. The van der Waals surface area contributed by atoms with Gasteiger partial charge in [-0.15, -0.1) is 0 Å². The van der Waals surface area contributed by atoms with Crippen molar-refractivity contribution in [2.24, 2.45) is 0 Å². The van der Waals surface area contributed by atoms with Crippen molar-refractivity contribution in [3.63, 3.8) is 0 Å². The van der Waals surface area contributed by atoms with Crippen LogP contribution < -0.4 is 5.32 Å². The molecular formula is C13H10BrClN2O. The molecule has 0 atom stereocenters. The molecule has 1 aromatic carbocycles. The molecule has 18 heavy (non-hydrogen) atoms. The maximum Gasteiger partial charge on any atom is 0.230 e. The van der Waals surface area contributed by atoms with Gasteiger partial charge in [-0.25, -0.2) is 4.98 Å². The minimum atomic E-state index is -0.145. The summed E-state index contributed by atoms with van der Waals surface area (Å²) in [5.41, 5.74) is 0.798. The number of hydrogen-bond donors (Lipinski definition) is 1. The van der Waals surface area contributed by atoms with Gasteiger partial charge < -0.3 is 5.32 Å². The second kappa shape index (κ2) is 5.98. The Hall–Kier alpha value is -1.39. The first kappa shape index (κ1) is 13.1. The number of anilines is 1. The predicted molar refractivity (Wildman–Crippen MR) is 75.7 cm³/mol. The maximum absolute atomic E-state index is 11.8. The van der Waals surface area contributed by atoms with Crippen LogP contribution in [0.2, 0.25) is 5.02 Å². The fourth-order valence-electron chi connectivity index (χ4n) is 1.48. The molecule has 1 amide bonds. The zero-order valence-corrected chi connectivity index (χ0v) is 11.7. The summed E-state index contributed by atoms with van der Waals surface area (Å²) in [4.78, 5) is 15.9. The zero-order chi connectivity index (χ0) is 13.0. The van der Waals surface area contributed by atoms with E-state index in [1.165, 1.54) is 0 Å². The summed E-state index contributed by atoms with van der Waals surface area (Å²) in [5, 5.41) is 3.31. The Morgan fingerprint density at radius 3 is 2.72 bits per heavy atom. The van der Waals surface area contributed by atoms with Crippen LogP contribution in [0, 0.1) is 0 Å². The zero-order valence-electron chi connectivity index (χ0n) is 9.36. The first-order chi connectivity index (χ1) is 8.65. The molecule has 0 bridgehead atoms. The predicted octanol–water partition coefficient (Wildman–Crippen LogP) is 3.68. The first-order valence-corrected chi connectivity index (χ1v) is 6.48. The number of nitrogens with zero attached hydrogens (tertiary/aromatic N) is 1. The molecule has 0 aliphatic rings. The lowest BCUT2D eigenvalue weighted by molar-refractivity contribution is -0.115. The van der Waals surface area contributed by atoms with E-state index in [1.807, 2.05) is 24.3 Å². The topological polar surface area (TPSA) is 42.0 Å². The lowest BCUT2D eigenvalue weighted by Gasteiger charge is -2.06. The van der Waals surface area contributed by atoms with Gasteiger partial charge in [-0.3, -0.25) is 4.79 Å². The molecule has 0 saturated carbocycles. The average molecular weight is 326 g/mol. The highest BCUT2D eigenvalue weighted by Gasteiger charge is 2.07. The summed E-state index contributed by atoms with van der Waals surface area (Å²) < 4.78 is 0.679. The van der Waals surface area contributed by atoms with E-state index < -0.39 is 0 Å². The van der Waals surface area contributed by atoms with Crippen molar-refractivity contribution in [2.75, 3.05) is 5.32 Å². The second-order valence-electron chi connectivity index (χ2n) is 3.66. The third kappa shape index (κ3) is 3.55. The Labute approximate surface area is 118 Å². The number of rotatable bonds is 3. The van der Waals surface area contributed by atoms with E-state index in [9.17, 15) is 4.79 Å². The highest BCUT2D eigenvalue weighted by Crippen LogP contribution is 2.16. The largest absolute Gasteiger partial charge is 0.310 e. The van der Waals surface area contributed by atoms with E-state index in [4.69, 9.17) is 11.6 Å². The summed E-state index contributed by atoms with van der Waals surface area (Å²) >= 11 is 9.24. The number of benzene rings is 1. The van der Waals surface area contributed by atoms with E-state index in [-0.39, 0.29) is 12.3 Å². The Kier molecular flexibility index (Phi) is 4.33. The van der Waals surface area contributed by atoms with E-state index in [2.05, 4.69) is 26.2 Å². The van der Waals surface area contributed by atoms with Crippen molar-refractivity contribution < 1.29 is 4.79 Å². The van der Waals surface area contributed by atoms with Gasteiger partial charge in [0.05, 0.1) is 6.42 Å². The summed E-state index contributed by atoms with van der Waals surface area (Å²) in [6, 6.07) is 12.6. The molecule has 92 valence electrons. The van der Waals surface area contributed by atoms with Gasteiger partial charge in [0.25, 0.3) is 0 Å². The van der Waals surface area contributed by atoms with Gasteiger partial charge in [0.1, 0.15) is 10.4 Å². The molecule has 0 aliphatic heterocycles. The summed E-state index contributed by atoms with van der Waals surface area (Å²) in [5.74, 6) is 0.370. The van der Waals surface area contributed by atoms with Gasteiger partial charge >= 0.3 is 0 Å². The highest BCUT2D eigenvalue weighted by molar-refractivity contribution is 9.10. The van der Waals surface area contributed by atoms with Gasteiger partial charge in [-0.2, -0.15) is 0 Å². The van der Waals surface area contributed by atoms with Crippen molar-refractivity contribution in [1.82, 2.24) is 4.98 Å². The van der Waals surface area contributed by atoms with Crippen LogP contribution in [0.1, 0.15) is 5.56 Å². The Morgan fingerprint density at radius 2 is 2.00 bits per heavy atom. The number of nitrogens with one attached hydrogen (secondary N) is 1. The molecule has 0 aliphatic carbocycles. The van der Waals surface area contributed by atoms with Crippen molar-refractivity contribution in [3.8, 4) is 0 Å². The molecule has 1 aromatic heterocycles. The Morgan fingerprint density at radius 1 is 1.22 bits per heavy atom. The number of carbonyl (C=O) groups excluding carboxylic acids is 1. The first-order valence-electron chi connectivity index (χ1n) is 5.31. The third-order valence-electron chi connectivity index (χ3n) is 2.29. The lowest BCUT2D eigenvalue weighted by Crippen LogP contribution is -2.15. The SMILES string of the molecule is O=C(Cc1ccccc1Cl)Nc1cccc(Br)n1. The molecule has 0 unspecified atom stereocenters. The number of amides is 1. The molecule has 2 aromatic rings. The summed E-state index contributed by atoms with van der Waals surface area (Å²) in [6.07, 6.45) is 0.230. The molecule has 2 rings (SSSR count). The minimum Gasteiger partial charge on any atom is -0.310 e. The molecule has 0 saturated heterocycles. The van der Waals surface area contributed by atoms with E-state index in [0.29, 0.717) is 15.4 Å². The minimum absolute atomic E-state index is 0.145. The van der Waals surface area contributed by atoms with Gasteiger partial charge in [0.2, 0.25) is 5.91 Å². The van der Waals surface area contributed by atoms with Crippen LogP contribution in [-0.4, -0.2) is 10.9 Å². The maximum atomic E-state index is 11.8. The number of halogens is 2. The van der Waals surface area contributed by atoms with Crippen LogP contribution in [0.3, 0.4) is 0 Å². The normalized spacial score (nSPS) is 10.1. The molecule has 5 heteroatoms. The molecule has 1 heterocycles. The van der Waals surface area contributed by atoms with E-state index >= 15 is 0 Å². The van der Waals surface area contributed by atoms with Crippen LogP contribution in [0.5, 0.6) is 0 Å². The van der Waals surface area contributed by atoms with Crippen LogP contribution in [0.4, 0.5) is 5.82 Å². The second-order valence-corrected chi connectivity index (χ2v) is 4.88. The quantitative estimate of drug-likeness (QED) is 0.875. The Bertz CT molecular complexity index is 574. The van der Waals surface area contributed by atoms with Gasteiger partial charge in [-0.1, -0.05) is 35.9 Å². The molecule has 3 nitrogen and oxygen atoms in total. The number of pyridine rings is 1. The fourth-order valence-corrected chi connectivity index (χ4v) is 2.03. The lowest BCUT2D eigenvalue weighted by atomic mass is 10.1. The standard InChI is InChI=1S/C13H10BrClN2O/c14-11-6-3-7-12(16-11)17-13(18)8-9-4-1-2-5-10(9)15/h1-7H,8H2,(H,16,17,18). The van der Waals surface area contributed by atoms with Crippen molar-refractivity contribution >= 4 is 39.3 Å². The molecule has 0 spiro atoms. The van der Waals surface area contributed by atoms with Gasteiger partial charge in [-0.05, 0) is 39.7 Å². The van der Waals surface area contributed by atoms with Crippen LogP contribution >= 0.6 is 27.5 Å². The van der Waals surface area contributed by atoms with Crippen molar-refractivity contribution in [1.29, 1.82) is 0 Å². The van der Waals surface area contributed by atoms with Crippen molar-refractivity contribution in [2.45, 2.75) is 6.42 Å². The smallest absolute Gasteiger partial charge is 0.230 e. The molecule has 0 fully saturated rings. The van der Waals surface area contributed by atoms with Crippen LogP contribution in [0.15, 0.2) is 47.1 Å². The monoisotopic (exact) mass is 324 g/mol. The summed E-state index contributed by atoms with van der Waals surface area (Å²) in [6.45, 7) is 0. The average Bonchev–Trinajstić information content (AvgIpc) is 2.32. The molecule has 0 radical (unpaired) electrons. The van der Waals surface area contributed by atoms with E-state index in [0.717, 1.165) is 5.56 Å². The molecule has 1 N–H and O–H groups in total. The van der Waals surface area contributed by atoms with Gasteiger partial charge in [0, 0.05) is 5.02 Å². The number of carbonyl (C=O) groups is 1. The van der Waals surface area contributed by atoms with Gasteiger partial charge in [0.15, 0.2) is 0 Å². The number of aromatic nitrogens is 1. The van der Waals surface area contributed by atoms with Crippen LogP contribution in [-0.2, 0) is 11.2 Å². The Balaban J connectivity index is 2.03. The van der Waals surface area contributed by atoms with E-state index in [1.54, 1.807) is 18.2 Å². The van der Waals surface area contributed by atoms with Crippen LogP contribution in [0.25, 0.3) is 0 Å². The number of hydrogen-bond acceptors (Lipinski definition) is 2. The molecular weight excluding hydrogens is 316 g/mol. The third-order valence-corrected chi connectivity index (χ3v) is 3.10. The highest BCUT2D eigenvalue weighted by atomic mass is 79.9. The summed E-state index contributed by atoms with van der Waals surface area (Å²) in [7, 11) is 0.